The van der Waals surface area contributed by atoms with Crippen LogP contribution in [0.3, 0.4) is 0 Å². The Hall–Kier alpha value is -3.44. The second kappa shape index (κ2) is 8.65. The van der Waals surface area contributed by atoms with E-state index in [9.17, 15) is 22.4 Å². The molecule has 0 aliphatic carbocycles. The molecule has 0 bridgehead atoms. The second-order valence-electron chi connectivity index (χ2n) is 7.95. The zero-order chi connectivity index (χ0) is 24.9. The number of ether oxygens (including phenoxy) is 2. The number of sulfonamides is 1. The molecule has 0 fully saturated rings. The summed E-state index contributed by atoms with van der Waals surface area (Å²) in [6.07, 6.45) is -0.858. The van der Waals surface area contributed by atoms with Gasteiger partial charge in [-0.2, -0.15) is 0 Å². The van der Waals surface area contributed by atoms with Crippen LogP contribution >= 0.6 is 15.9 Å². The molecule has 3 aromatic rings. The van der Waals surface area contributed by atoms with Crippen molar-refractivity contribution in [2.75, 3.05) is 24.5 Å². The standard InChI is InChI=1S/C24H18BrFN2O6S/c1-33-21-9-7-16(11-19(21)26)35(31,32)28-13-15(34-22-8-6-14(25)10-20(22)28)12-27-23(29)17-4-2-3-5-18(17)24(27)30/h2-11,15H,12-13H2,1H3. The lowest BCUT2D eigenvalue weighted by Gasteiger charge is -2.36. The third kappa shape index (κ3) is 3.94. The number of nitrogens with zero attached hydrogens (tertiary/aromatic N) is 2. The van der Waals surface area contributed by atoms with E-state index in [2.05, 4.69) is 15.9 Å². The molecule has 11 heteroatoms. The molecule has 180 valence electrons. The van der Waals surface area contributed by atoms with Crippen molar-refractivity contribution in [3.05, 3.63) is 82.1 Å². The Morgan fingerprint density at radius 3 is 2.37 bits per heavy atom. The van der Waals surface area contributed by atoms with Gasteiger partial charge in [0.25, 0.3) is 21.8 Å². The van der Waals surface area contributed by atoms with Crippen LogP contribution in [0.5, 0.6) is 11.5 Å². The van der Waals surface area contributed by atoms with E-state index < -0.39 is 33.8 Å². The van der Waals surface area contributed by atoms with Gasteiger partial charge in [-0.05, 0) is 48.5 Å². The average molecular weight is 561 g/mol. The molecule has 8 nitrogen and oxygen atoms in total. The van der Waals surface area contributed by atoms with Crippen molar-refractivity contribution in [3.63, 3.8) is 0 Å². The maximum absolute atomic E-state index is 14.3. The molecule has 5 rings (SSSR count). The number of carbonyl (C=O) groups is 2. The molecule has 2 amide bonds. The minimum absolute atomic E-state index is 0.0856. The van der Waals surface area contributed by atoms with Crippen molar-refractivity contribution >= 4 is 43.5 Å². The van der Waals surface area contributed by atoms with Gasteiger partial charge in [-0.3, -0.25) is 18.8 Å². The third-order valence-corrected chi connectivity index (χ3v) is 8.10. The third-order valence-electron chi connectivity index (χ3n) is 5.83. The zero-order valence-electron chi connectivity index (χ0n) is 18.3. The minimum Gasteiger partial charge on any atom is -0.494 e. The quantitative estimate of drug-likeness (QED) is 0.440. The van der Waals surface area contributed by atoms with Gasteiger partial charge < -0.3 is 9.47 Å². The number of carbonyl (C=O) groups excluding carboxylic acids is 2. The number of halogens is 2. The first-order valence-corrected chi connectivity index (χ1v) is 12.7. The normalized spacial score (nSPS) is 17.2. The predicted molar refractivity (Wildman–Crippen MR) is 128 cm³/mol. The average Bonchev–Trinajstić information content (AvgIpc) is 3.08. The van der Waals surface area contributed by atoms with E-state index in [1.165, 1.54) is 19.2 Å². The molecule has 2 aliphatic heterocycles. The molecule has 2 aliphatic rings. The summed E-state index contributed by atoms with van der Waals surface area (Å²) in [5, 5.41) is 0. The van der Waals surface area contributed by atoms with Crippen LogP contribution in [0.15, 0.2) is 70.0 Å². The van der Waals surface area contributed by atoms with Gasteiger partial charge in [-0.15, -0.1) is 0 Å². The van der Waals surface area contributed by atoms with Crippen LogP contribution in [-0.2, 0) is 10.0 Å². The molecule has 1 unspecified atom stereocenters. The Balaban J connectivity index is 1.50. The Labute approximate surface area is 209 Å². The largest absolute Gasteiger partial charge is 0.494 e. The fourth-order valence-corrected chi connectivity index (χ4v) is 6.01. The van der Waals surface area contributed by atoms with Crippen molar-refractivity contribution < 1.29 is 31.9 Å². The SMILES string of the molecule is COc1ccc(S(=O)(=O)N2CC(CN3C(=O)c4ccccc4C3=O)Oc3ccc(Br)cc32)cc1F. The molecule has 0 saturated carbocycles. The highest BCUT2D eigenvalue weighted by atomic mass is 79.9. The van der Waals surface area contributed by atoms with Gasteiger partial charge in [0.05, 0.1) is 41.9 Å². The van der Waals surface area contributed by atoms with Crippen LogP contribution in [0.1, 0.15) is 20.7 Å². The topological polar surface area (TPSA) is 93.2 Å². The highest BCUT2D eigenvalue weighted by Gasteiger charge is 2.41. The molecule has 2 heterocycles. The molecule has 0 radical (unpaired) electrons. The molecular formula is C24H18BrFN2O6S. The van der Waals surface area contributed by atoms with Crippen LogP contribution in [0, 0.1) is 5.82 Å². The first-order valence-electron chi connectivity index (χ1n) is 10.5. The minimum atomic E-state index is -4.24. The molecule has 0 N–H and O–H groups in total. The van der Waals surface area contributed by atoms with E-state index in [4.69, 9.17) is 9.47 Å². The fraction of sp³-hybridized carbons (Fsp3) is 0.167. The number of amides is 2. The lowest BCUT2D eigenvalue weighted by molar-refractivity contribution is 0.0573. The summed E-state index contributed by atoms with van der Waals surface area (Å²) in [5.74, 6) is -1.60. The lowest BCUT2D eigenvalue weighted by atomic mass is 10.1. The zero-order valence-corrected chi connectivity index (χ0v) is 20.7. The van der Waals surface area contributed by atoms with Crippen molar-refractivity contribution in [3.8, 4) is 11.5 Å². The molecule has 35 heavy (non-hydrogen) atoms. The Morgan fingerprint density at radius 2 is 1.74 bits per heavy atom. The summed E-state index contributed by atoms with van der Waals surface area (Å²) in [5.41, 5.74) is 0.820. The summed E-state index contributed by atoms with van der Waals surface area (Å²) < 4.78 is 54.2. The summed E-state index contributed by atoms with van der Waals surface area (Å²) in [6, 6.07) is 14.7. The van der Waals surface area contributed by atoms with Gasteiger partial charge >= 0.3 is 0 Å². The van der Waals surface area contributed by atoms with Crippen LogP contribution in [0.2, 0.25) is 0 Å². The van der Waals surface area contributed by atoms with E-state index >= 15 is 0 Å². The number of benzene rings is 3. The summed E-state index contributed by atoms with van der Waals surface area (Å²) in [7, 11) is -2.95. The van der Waals surface area contributed by atoms with E-state index in [0.29, 0.717) is 4.47 Å². The Kier molecular flexibility index (Phi) is 5.76. The van der Waals surface area contributed by atoms with E-state index in [1.807, 2.05) is 0 Å². The maximum atomic E-state index is 14.3. The van der Waals surface area contributed by atoms with Gasteiger partial charge in [0, 0.05) is 4.47 Å². The smallest absolute Gasteiger partial charge is 0.264 e. The first kappa shape index (κ1) is 23.3. The molecule has 0 saturated heterocycles. The first-order chi connectivity index (χ1) is 16.7. The van der Waals surface area contributed by atoms with Crippen LogP contribution < -0.4 is 13.8 Å². The van der Waals surface area contributed by atoms with Crippen LogP contribution in [-0.4, -0.2) is 51.4 Å². The van der Waals surface area contributed by atoms with Crippen molar-refractivity contribution in [2.45, 2.75) is 11.0 Å². The number of anilines is 1. The number of rotatable bonds is 5. The molecule has 3 aromatic carbocycles. The predicted octanol–water partition coefficient (Wildman–Crippen LogP) is 3.85. The maximum Gasteiger partial charge on any atom is 0.264 e. The van der Waals surface area contributed by atoms with Crippen molar-refractivity contribution in [2.24, 2.45) is 0 Å². The van der Waals surface area contributed by atoms with E-state index in [-0.39, 0.29) is 46.3 Å². The molecular weight excluding hydrogens is 543 g/mol. The Bertz CT molecular complexity index is 1440. The lowest BCUT2D eigenvalue weighted by Crippen LogP contribution is -2.49. The van der Waals surface area contributed by atoms with Gasteiger partial charge in [0.15, 0.2) is 11.6 Å². The second-order valence-corrected chi connectivity index (χ2v) is 10.7. The summed E-state index contributed by atoms with van der Waals surface area (Å²) in [4.78, 5) is 26.4. The van der Waals surface area contributed by atoms with Gasteiger partial charge in [0.2, 0.25) is 0 Å². The number of imide groups is 1. The highest BCUT2D eigenvalue weighted by molar-refractivity contribution is 9.10. The van der Waals surface area contributed by atoms with Crippen LogP contribution in [0.4, 0.5) is 10.1 Å². The van der Waals surface area contributed by atoms with Gasteiger partial charge in [0.1, 0.15) is 11.9 Å². The van der Waals surface area contributed by atoms with Crippen molar-refractivity contribution in [1.29, 1.82) is 0 Å². The van der Waals surface area contributed by atoms with E-state index in [1.54, 1.807) is 42.5 Å². The summed E-state index contributed by atoms with van der Waals surface area (Å²) >= 11 is 3.34. The van der Waals surface area contributed by atoms with Gasteiger partial charge in [-0.1, -0.05) is 28.1 Å². The Morgan fingerprint density at radius 1 is 1.06 bits per heavy atom. The number of hydrogen-bond acceptors (Lipinski definition) is 6. The van der Waals surface area contributed by atoms with Crippen molar-refractivity contribution in [1.82, 2.24) is 4.90 Å². The fourth-order valence-electron chi connectivity index (χ4n) is 4.15. The molecule has 0 aromatic heterocycles. The molecule has 0 spiro atoms. The van der Waals surface area contributed by atoms with E-state index in [0.717, 1.165) is 15.3 Å². The number of fused-ring (bicyclic) bond motifs is 2. The van der Waals surface area contributed by atoms with Crippen LogP contribution in [0.25, 0.3) is 0 Å². The number of hydrogen-bond donors (Lipinski definition) is 0. The highest BCUT2D eigenvalue weighted by Crippen LogP contribution is 2.39. The van der Waals surface area contributed by atoms with Gasteiger partial charge in [-0.25, -0.2) is 12.8 Å². The monoisotopic (exact) mass is 560 g/mol. The molecule has 1 atom stereocenters. The summed E-state index contributed by atoms with van der Waals surface area (Å²) in [6.45, 7) is -0.363. The number of methoxy groups -OCH3 is 1.